The second-order valence-electron chi connectivity index (χ2n) is 5.69. The zero-order valence-electron chi connectivity index (χ0n) is 13.7. The molecule has 0 saturated carbocycles. The van der Waals surface area contributed by atoms with Crippen molar-refractivity contribution in [1.29, 1.82) is 0 Å². The van der Waals surface area contributed by atoms with E-state index < -0.39 is 0 Å². The van der Waals surface area contributed by atoms with Gasteiger partial charge in [0.1, 0.15) is 11.6 Å². The van der Waals surface area contributed by atoms with E-state index in [-0.39, 0.29) is 5.82 Å². The second kappa shape index (κ2) is 6.35. The molecule has 0 fully saturated rings. The Morgan fingerprint density at radius 1 is 1.12 bits per heavy atom. The summed E-state index contributed by atoms with van der Waals surface area (Å²) in [7, 11) is 0. The van der Waals surface area contributed by atoms with Gasteiger partial charge in [0.25, 0.3) is 0 Å². The van der Waals surface area contributed by atoms with Crippen molar-refractivity contribution >= 4 is 0 Å². The van der Waals surface area contributed by atoms with Crippen LogP contribution < -0.4 is 0 Å². The van der Waals surface area contributed by atoms with E-state index in [1.165, 1.54) is 12.1 Å². The third kappa shape index (κ3) is 2.96. The van der Waals surface area contributed by atoms with Gasteiger partial charge in [-0.1, -0.05) is 0 Å². The van der Waals surface area contributed by atoms with Gasteiger partial charge in [0.2, 0.25) is 0 Å². The topological polar surface area (TPSA) is 53.5 Å². The minimum Gasteiger partial charge on any atom is -0.337 e. The molecular formula is C18H17FN6. The van der Waals surface area contributed by atoms with Crippen molar-refractivity contribution in [3.05, 3.63) is 73.1 Å². The molecule has 0 amide bonds. The summed E-state index contributed by atoms with van der Waals surface area (Å²) in [5, 5.41) is 4.26. The van der Waals surface area contributed by atoms with Crippen molar-refractivity contribution in [2.75, 3.05) is 0 Å². The zero-order valence-corrected chi connectivity index (χ0v) is 13.7. The molecule has 0 aliphatic heterocycles. The summed E-state index contributed by atoms with van der Waals surface area (Å²) >= 11 is 0. The highest BCUT2D eigenvalue weighted by Crippen LogP contribution is 2.26. The number of aryl methyl sites for hydroxylation is 1. The Morgan fingerprint density at radius 3 is 2.80 bits per heavy atom. The molecule has 0 unspecified atom stereocenters. The summed E-state index contributed by atoms with van der Waals surface area (Å²) < 4.78 is 19.6. The van der Waals surface area contributed by atoms with Crippen molar-refractivity contribution in [2.45, 2.75) is 20.0 Å². The van der Waals surface area contributed by atoms with Gasteiger partial charge in [-0.15, -0.1) is 0 Å². The van der Waals surface area contributed by atoms with Gasteiger partial charge in [-0.05, 0) is 31.2 Å². The third-order valence-electron chi connectivity index (χ3n) is 4.05. The molecular weight excluding hydrogens is 319 g/mol. The van der Waals surface area contributed by atoms with E-state index in [1.807, 2.05) is 40.1 Å². The maximum absolute atomic E-state index is 13.9. The first-order valence-electron chi connectivity index (χ1n) is 8.06. The van der Waals surface area contributed by atoms with Gasteiger partial charge in [0.15, 0.2) is 0 Å². The van der Waals surface area contributed by atoms with Gasteiger partial charge in [0, 0.05) is 43.1 Å². The van der Waals surface area contributed by atoms with Crippen molar-refractivity contribution in [3.63, 3.8) is 0 Å². The van der Waals surface area contributed by atoms with Crippen LogP contribution in [-0.4, -0.2) is 28.9 Å². The van der Waals surface area contributed by atoms with Gasteiger partial charge in [-0.25, -0.2) is 19.0 Å². The Balaban J connectivity index is 1.76. The van der Waals surface area contributed by atoms with Crippen LogP contribution in [0.15, 0.2) is 61.6 Å². The molecule has 6 nitrogen and oxygen atoms in total. The van der Waals surface area contributed by atoms with Crippen molar-refractivity contribution < 1.29 is 4.39 Å². The molecule has 0 bridgehead atoms. The smallest absolute Gasteiger partial charge is 0.142 e. The minimum absolute atomic E-state index is 0.310. The molecule has 3 aromatic heterocycles. The fourth-order valence-electron chi connectivity index (χ4n) is 2.81. The van der Waals surface area contributed by atoms with Gasteiger partial charge >= 0.3 is 0 Å². The number of imidazole rings is 2. The highest BCUT2D eigenvalue weighted by molar-refractivity contribution is 5.67. The van der Waals surface area contributed by atoms with Gasteiger partial charge in [-0.3, -0.25) is 0 Å². The van der Waals surface area contributed by atoms with E-state index in [2.05, 4.69) is 22.0 Å². The molecule has 0 spiro atoms. The normalized spacial score (nSPS) is 11.1. The lowest BCUT2D eigenvalue weighted by molar-refractivity contribution is 0.627. The quantitative estimate of drug-likeness (QED) is 0.563. The van der Waals surface area contributed by atoms with Crippen LogP contribution in [0.1, 0.15) is 12.6 Å². The summed E-state index contributed by atoms with van der Waals surface area (Å²) in [6.07, 6.45) is 10.9. The maximum Gasteiger partial charge on any atom is 0.142 e. The van der Waals surface area contributed by atoms with E-state index in [9.17, 15) is 4.39 Å². The number of benzene rings is 1. The van der Waals surface area contributed by atoms with Crippen molar-refractivity contribution in [1.82, 2.24) is 28.9 Å². The largest absolute Gasteiger partial charge is 0.337 e. The Kier molecular flexibility index (Phi) is 3.89. The lowest BCUT2D eigenvalue weighted by atomic mass is 10.1. The molecule has 0 atom stereocenters. The summed E-state index contributed by atoms with van der Waals surface area (Å²) in [4.78, 5) is 8.85. The first-order chi connectivity index (χ1) is 12.2. The SMILES string of the molecule is CCn1cnc(Cn2ccnc2-c2cc(F)ccc2-n2cccn2)c1. The monoisotopic (exact) mass is 336 g/mol. The first-order valence-corrected chi connectivity index (χ1v) is 8.06. The first kappa shape index (κ1) is 15.3. The molecule has 1 aromatic carbocycles. The Bertz CT molecular complexity index is 983. The third-order valence-corrected chi connectivity index (χ3v) is 4.05. The van der Waals surface area contributed by atoms with Crippen molar-refractivity contribution in [2.24, 2.45) is 0 Å². The number of hydrogen-bond acceptors (Lipinski definition) is 3. The summed E-state index contributed by atoms with van der Waals surface area (Å²) in [6.45, 7) is 3.51. The average Bonchev–Trinajstić information content (AvgIpc) is 3.37. The molecule has 25 heavy (non-hydrogen) atoms. The second-order valence-corrected chi connectivity index (χ2v) is 5.69. The molecule has 0 N–H and O–H groups in total. The van der Waals surface area contributed by atoms with E-state index in [4.69, 9.17) is 0 Å². The van der Waals surface area contributed by atoms with Crippen LogP contribution in [0.2, 0.25) is 0 Å². The molecule has 7 heteroatoms. The molecule has 0 aliphatic rings. The van der Waals surface area contributed by atoms with Crippen molar-refractivity contribution in [3.8, 4) is 17.1 Å². The summed E-state index contributed by atoms with van der Waals surface area (Å²) in [5.41, 5.74) is 2.39. The highest BCUT2D eigenvalue weighted by Gasteiger charge is 2.14. The number of aromatic nitrogens is 6. The van der Waals surface area contributed by atoms with Crippen LogP contribution in [0.5, 0.6) is 0 Å². The van der Waals surface area contributed by atoms with E-state index in [1.54, 1.807) is 23.1 Å². The predicted molar refractivity (Wildman–Crippen MR) is 91.7 cm³/mol. The standard InChI is InChI=1S/C18H17FN6/c1-2-23-11-15(21-13-23)12-24-9-7-20-18(24)16-10-14(19)4-5-17(16)25-8-3-6-22-25/h3-11,13H,2,12H2,1H3. The molecule has 4 rings (SSSR count). The fraction of sp³-hybridized carbons (Fsp3) is 0.167. The lowest BCUT2D eigenvalue weighted by Gasteiger charge is -2.11. The van der Waals surface area contributed by atoms with Crippen LogP contribution in [0.3, 0.4) is 0 Å². The van der Waals surface area contributed by atoms with Gasteiger partial charge < -0.3 is 9.13 Å². The molecule has 0 aliphatic carbocycles. The average molecular weight is 336 g/mol. The molecule has 0 saturated heterocycles. The number of hydrogen-bond donors (Lipinski definition) is 0. The Morgan fingerprint density at radius 2 is 2.04 bits per heavy atom. The molecule has 126 valence electrons. The van der Waals surface area contributed by atoms with E-state index >= 15 is 0 Å². The van der Waals surface area contributed by atoms with Crippen LogP contribution in [0.25, 0.3) is 17.1 Å². The van der Waals surface area contributed by atoms with Gasteiger partial charge in [0.05, 0.1) is 24.3 Å². The summed E-state index contributed by atoms with van der Waals surface area (Å²) in [6, 6.07) is 6.46. The Hall–Kier alpha value is -3.22. The minimum atomic E-state index is -0.310. The van der Waals surface area contributed by atoms with E-state index in [0.717, 1.165) is 17.9 Å². The number of nitrogens with zero attached hydrogens (tertiary/aromatic N) is 6. The van der Waals surface area contributed by atoms with Crippen LogP contribution >= 0.6 is 0 Å². The predicted octanol–water partition coefficient (Wildman–Crippen LogP) is 3.14. The van der Waals surface area contributed by atoms with Crippen LogP contribution in [-0.2, 0) is 13.1 Å². The zero-order chi connectivity index (χ0) is 17.2. The summed E-state index contributed by atoms with van der Waals surface area (Å²) in [5.74, 6) is 0.367. The highest BCUT2D eigenvalue weighted by atomic mass is 19.1. The lowest BCUT2D eigenvalue weighted by Crippen LogP contribution is -2.05. The van der Waals surface area contributed by atoms with Crippen LogP contribution in [0.4, 0.5) is 4.39 Å². The maximum atomic E-state index is 13.9. The number of rotatable bonds is 5. The fourth-order valence-corrected chi connectivity index (χ4v) is 2.81. The molecule has 4 aromatic rings. The molecule has 0 radical (unpaired) electrons. The number of halogens is 1. The Labute approximate surface area is 144 Å². The van der Waals surface area contributed by atoms with E-state index in [0.29, 0.717) is 17.9 Å². The van der Waals surface area contributed by atoms with Gasteiger partial charge in [-0.2, -0.15) is 5.10 Å². The molecule has 3 heterocycles. The van der Waals surface area contributed by atoms with Crippen LogP contribution in [0, 0.1) is 5.82 Å².